The molecule has 0 saturated carbocycles. The first-order valence-electron chi connectivity index (χ1n) is 1.23. The Morgan fingerprint density at radius 1 is 1.56 bits per heavy atom. The van der Waals surface area contributed by atoms with Gasteiger partial charge in [0.25, 0.3) is 0 Å². The van der Waals surface area contributed by atoms with Crippen LogP contribution in [0.3, 0.4) is 0 Å². The van der Waals surface area contributed by atoms with E-state index in [0.717, 1.165) is 0 Å². The van der Waals surface area contributed by atoms with E-state index in [1.165, 1.54) is 0 Å². The van der Waals surface area contributed by atoms with E-state index in [1.54, 1.807) is 0 Å². The molecule has 0 unspecified atom stereocenters. The zero-order valence-corrected chi connectivity index (χ0v) is 6.03. The van der Waals surface area contributed by atoms with E-state index in [2.05, 4.69) is 4.28 Å². The minimum atomic E-state index is -4.92. The van der Waals surface area contributed by atoms with Gasteiger partial charge < -0.3 is 0 Å². The van der Waals surface area contributed by atoms with Crippen molar-refractivity contribution in [2.75, 3.05) is 0 Å². The molecule has 9 heavy (non-hydrogen) atoms. The average molecular weight is 249 g/mol. The quantitative estimate of drug-likeness (QED) is 0.291. The van der Waals surface area contributed by atoms with E-state index in [0.29, 0.717) is 0 Å². The Balaban J connectivity index is 0. The van der Waals surface area contributed by atoms with Crippen molar-refractivity contribution in [2.24, 2.45) is 0 Å². The fourth-order valence-corrected chi connectivity index (χ4v) is 0.231. The summed E-state index contributed by atoms with van der Waals surface area (Å²) >= 11 is 0. The number of hydrogen-bond donors (Lipinski definition) is 1. The smallest absolute Gasteiger partial charge is 0.265 e. The average Bonchev–Trinajstić information content (AvgIpc) is 1.21. The molecule has 0 fully saturated rings. The van der Waals surface area contributed by atoms with Crippen LogP contribution < -0.4 is 0 Å². The topological polar surface area (TPSA) is 107 Å². The van der Waals surface area contributed by atoms with Crippen molar-refractivity contribution < 1.29 is 42.8 Å². The van der Waals surface area contributed by atoms with E-state index in [9.17, 15) is 8.42 Å². The molecule has 0 radical (unpaired) electrons. The van der Waals surface area contributed by atoms with Crippen molar-refractivity contribution in [2.45, 2.75) is 0 Å². The Hall–Kier alpha value is -0.228. The van der Waals surface area contributed by atoms with Crippen molar-refractivity contribution in [1.82, 2.24) is 0 Å². The Morgan fingerprint density at radius 2 is 1.89 bits per heavy atom. The maximum absolute atomic E-state index is 9.33. The number of nitrogens with zero attached hydrogens (tertiary/aromatic N) is 1. The molecule has 7 nitrogen and oxygen atoms in total. The van der Waals surface area contributed by atoms with Gasteiger partial charge in [-0.3, -0.25) is 4.55 Å². The van der Waals surface area contributed by atoms with Crippen molar-refractivity contribution in [3.63, 3.8) is 0 Å². The second-order valence-corrected chi connectivity index (χ2v) is 1.73. The molecular weight excluding hydrogens is 248 g/mol. The van der Waals surface area contributed by atoms with Crippen LogP contribution in [0.4, 0.5) is 0 Å². The summed E-state index contributed by atoms with van der Waals surface area (Å²) in [5, 5.41) is 7.43. The van der Waals surface area contributed by atoms with Crippen molar-refractivity contribution in [3.8, 4) is 0 Å². The Morgan fingerprint density at radius 3 is 1.89 bits per heavy atom. The van der Waals surface area contributed by atoms with Crippen LogP contribution in [-0.2, 0) is 35.1 Å². The third-order valence-electron chi connectivity index (χ3n) is 0.155. The van der Waals surface area contributed by atoms with Gasteiger partial charge in [-0.25, -0.2) is 0 Å². The normalized spacial score (nSPS) is 9.44. The maximum Gasteiger partial charge on any atom is 2.00 e. The van der Waals surface area contributed by atoms with Gasteiger partial charge >= 0.3 is 35.9 Å². The van der Waals surface area contributed by atoms with Crippen LogP contribution in [-0.4, -0.2) is 18.1 Å². The molecule has 0 aromatic carbocycles. The molecular formula is HNO6PdS+2. The first kappa shape index (κ1) is 11.6. The zero-order valence-electron chi connectivity index (χ0n) is 3.66. The summed E-state index contributed by atoms with van der Waals surface area (Å²) in [6, 6.07) is 0. The molecule has 1 N–H and O–H groups in total. The van der Waals surface area contributed by atoms with Gasteiger partial charge in [0, 0.05) is 0 Å². The molecule has 0 heterocycles. The summed E-state index contributed by atoms with van der Waals surface area (Å²) in [5.41, 5.74) is 0. The molecule has 0 atom stereocenters. The number of hydrogen-bond acceptors (Lipinski definition) is 5. The Labute approximate surface area is 63.7 Å². The minimum Gasteiger partial charge on any atom is -0.265 e. The molecule has 0 aliphatic rings. The fraction of sp³-hybridized carbons (Fsp3) is 0. The van der Waals surface area contributed by atoms with Gasteiger partial charge in [-0.2, -0.15) is 12.7 Å². The predicted octanol–water partition coefficient (Wildman–Crippen LogP) is -1.00. The summed E-state index contributed by atoms with van der Waals surface area (Å²) in [6.07, 6.45) is 0. The third-order valence-corrected chi connectivity index (χ3v) is 0.465. The van der Waals surface area contributed by atoms with E-state index in [-0.39, 0.29) is 20.4 Å². The van der Waals surface area contributed by atoms with Gasteiger partial charge in [-0.1, -0.05) is 0 Å². The summed E-state index contributed by atoms with van der Waals surface area (Å²) in [7, 11) is -4.92. The third kappa shape index (κ3) is 11.4. The standard InChI is InChI=1S/HNO6S.Pd/c2-1(3)7-8(4,5)6;/h(H,4,5,6);/q;+2. The molecule has 0 amide bonds. The van der Waals surface area contributed by atoms with Crippen LogP contribution in [0.15, 0.2) is 0 Å². The van der Waals surface area contributed by atoms with Crippen molar-refractivity contribution >= 4 is 10.4 Å². The van der Waals surface area contributed by atoms with Crippen LogP contribution in [0, 0.1) is 10.1 Å². The summed E-state index contributed by atoms with van der Waals surface area (Å²) < 4.78 is 28.9. The van der Waals surface area contributed by atoms with E-state index < -0.39 is 15.5 Å². The summed E-state index contributed by atoms with van der Waals surface area (Å²) in [5.74, 6) is 0. The van der Waals surface area contributed by atoms with Gasteiger partial charge in [0.05, 0.1) is 0 Å². The summed E-state index contributed by atoms with van der Waals surface area (Å²) in [4.78, 5) is 9.06. The van der Waals surface area contributed by atoms with Crippen molar-refractivity contribution in [3.05, 3.63) is 10.1 Å². The van der Waals surface area contributed by atoms with Crippen LogP contribution in [0.5, 0.6) is 0 Å². The number of rotatable bonds is 2. The van der Waals surface area contributed by atoms with E-state index >= 15 is 0 Å². The molecule has 0 aliphatic heterocycles. The van der Waals surface area contributed by atoms with Gasteiger partial charge in [0.1, 0.15) is 0 Å². The molecule has 0 aromatic rings. The van der Waals surface area contributed by atoms with Crippen LogP contribution in [0.1, 0.15) is 0 Å². The van der Waals surface area contributed by atoms with Gasteiger partial charge in [-0.15, -0.1) is 10.1 Å². The molecule has 0 spiro atoms. The molecule has 0 saturated heterocycles. The van der Waals surface area contributed by atoms with Gasteiger partial charge in [0.15, 0.2) is 0 Å². The second kappa shape index (κ2) is 3.73. The molecule has 0 bridgehead atoms. The maximum atomic E-state index is 9.33. The molecule has 0 rings (SSSR count). The SMILES string of the molecule is O=[N+]([O-])OS(=O)(=O)O.[Pd+2]. The first-order chi connectivity index (χ1) is 3.42. The molecule has 0 aromatic heterocycles. The van der Waals surface area contributed by atoms with Crippen LogP contribution in [0.25, 0.3) is 0 Å². The Kier molecular flexibility index (Phi) is 4.79. The van der Waals surface area contributed by atoms with E-state index in [4.69, 9.17) is 14.7 Å². The van der Waals surface area contributed by atoms with Crippen LogP contribution in [0.2, 0.25) is 0 Å². The summed E-state index contributed by atoms with van der Waals surface area (Å²) in [6.45, 7) is 0. The molecule has 0 aliphatic carbocycles. The monoisotopic (exact) mass is 249 g/mol. The van der Waals surface area contributed by atoms with Gasteiger partial charge in [0.2, 0.25) is 0 Å². The minimum absolute atomic E-state index is 0. The largest absolute Gasteiger partial charge is 2.00 e. The molecule has 56 valence electrons. The zero-order chi connectivity index (χ0) is 6.78. The molecule has 9 heteroatoms. The van der Waals surface area contributed by atoms with Gasteiger partial charge in [-0.05, 0) is 0 Å². The predicted molar refractivity (Wildman–Crippen MR) is 19.6 cm³/mol. The van der Waals surface area contributed by atoms with Crippen LogP contribution >= 0.6 is 0 Å². The fourth-order valence-electron chi connectivity index (χ4n) is 0.0769. The first-order valence-corrected chi connectivity index (χ1v) is 2.60. The second-order valence-electron chi connectivity index (χ2n) is 0.726. The Bertz CT molecular complexity index is 179. The van der Waals surface area contributed by atoms with E-state index in [1.807, 2.05) is 0 Å². The van der Waals surface area contributed by atoms with Crippen molar-refractivity contribution in [1.29, 1.82) is 0 Å².